The van der Waals surface area contributed by atoms with Crippen LogP contribution >= 0.6 is 12.4 Å². The van der Waals surface area contributed by atoms with Gasteiger partial charge in [0, 0.05) is 20.1 Å². The lowest BCUT2D eigenvalue weighted by Gasteiger charge is -2.24. The monoisotopic (exact) mass is 434 g/mol. The fourth-order valence-electron chi connectivity index (χ4n) is 3.30. The van der Waals surface area contributed by atoms with Crippen LogP contribution in [0.3, 0.4) is 0 Å². The molecule has 0 bridgehead atoms. The van der Waals surface area contributed by atoms with Crippen molar-refractivity contribution in [1.29, 1.82) is 0 Å². The molecule has 1 aromatic heterocycles. The molecule has 7 nitrogen and oxygen atoms in total. The minimum Gasteiger partial charge on any atom is -0.494 e. The minimum absolute atomic E-state index is 0. The van der Waals surface area contributed by atoms with E-state index >= 15 is 0 Å². The summed E-state index contributed by atoms with van der Waals surface area (Å²) in [6.45, 7) is 3.47. The zero-order chi connectivity index (χ0) is 19.7. The largest absolute Gasteiger partial charge is 0.494 e. The normalized spacial score (nSPS) is 14.1. The first-order valence-corrected chi connectivity index (χ1v) is 10.7. The number of fused-ring (bicyclic) bond motifs is 2. The molecule has 0 atom stereocenters. The molecule has 9 heteroatoms. The first-order chi connectivity index (χ1) is 13.5. The topological polar surface area (TPSA) is 75.6 Å². The molecule has 4 rings (SSSR count). The van der Waals surface area contributed by atoms with Crippen molar-refractivity contribution in [3.8, 4) is 5.75 Å². The molecule has 0 amide bonds. The summed E-state index contributed by atoms with van der Waals surface area (Å²) in [7, 11) is -1.86. The number of halogens is 1. The van der Waals surface area contributed by atoms with E-state index in [0.29, 0.717) is 49.0 Å². The SMILES string of the molecule is CCOc1ccc(S(=O)(=O)N2CCCN(C)c3nc4ccccc4nc32)cc1.Cl. The third kappa shape index (κ3) is 3.95. The zero-order valence-electron chi connectivity index (χ0n) is 16.3. The maximum atomic E-state index is 13.4. The van der Waals surface area contributed by atoms with E-state index in [4.69, 9.17) is 4.74 Å². The number of rotatable bonds is 4. The smallest absolute Gasteiger partial charge is 0.265 e. The van der Waals surface area contributed by atoms with Crippen molar-refractivity contribution in [3.05, 3.63) is 48.5 Å². The molecule has 154 valence electrons. The van der Waals surface area contributed by atoms with Gasteiger partial charge in [-0.05, 0) is 49.7 Å². The number of hydrogen-bond acceptors (Lipinski definition) is 6. The van der Waals surface area contributed by atoms with Crippen molar-refractivity contribution >= 4 is 45.1 Å². The van der Waals surface area contributed by atoms with Gasteiger partial charge in [-0.3, -0.25) is 0 Å². The predicted octanol–water partition coefficient (Wildman–Crippen LogP) is 3.49. The van der Waals surface area contributed by atoms with E-state index in [2.05, 4.69) is 9.97 Å². The summed E-state index contributed by atoms with van der Waals surface area (Å²) in [6.07, 6.45) is 0.682. The van der Waals surface area contributed by atoms with Crippen LogP contribution in [0.5, 0.6) is 5.75 Å². The molecule has 3 aromatic rings. The molecule has 0 saturated carbocycles. The second-order valence-electron chi connectivity index (χ2n) is 6.62. The Morgan fingerprint density at radius 3 is 2.21 bits per heavy atom. The molecule has 2 aromatic carbocycles. The summed E-state index contributed by atoms with van der Waals surface area (Å²) in [6, 6.07) is 14.0. The molecule has 1 aliphatic heterocycles. The summed E-state index contributed by atoms with van der Waals surface area (Å²) < 4.78 is 33.6. The average molecular weight is 435 g/mol. The highest BCUT2D eigenvalue weighted by atomic mass is 35.5. The summed E-state index contributed by atoms with van der Waals surface area (Å²) in [5, 5.41) is 0. The zero-order valence-corrected chi connectivity index (χ0v) is 17.9. The highest BCUT2D eigenvalue weighted by molar-refractivity contribution is 7.92. The van der Waals surface area contributed by atoms with E-state index in [1.54, 1.807) is 24.3 Å². The average Bonchev–Trinajstić information content (AvgIpc) is 2.86. The van der Waals surface area contributed by atoms with E-state index in [1.807, 2.05) is 43.1 Å². The number of benzene rings is 2. The molecule has 0 radical (unpaired) electrons. The molecule has 0 spiro atoms. The highest BCUT2D eigenvalue weighted by Gasteiger charge is 2.32. The van der Waals surface area contributed by atoms with Crippen LogP contribution in [0.2, 0.25) is 0 Å². The summed E-state index contributed by atoms with van der Waals surface area (Å²) >= 11 is 0. The lowest BCUT2D eigenvalue weighted by molar-refractivity contribution is 0.340. The highest BCUT2D eigenvalue weighted by Crippen LogP contribution is 2.34. The number of sulfonamides is 1. The maximum Gasteiger partial charge on any atom is 0.265 e. The van der Waals surface area contributed by atoms with E-state index in [1.165, 1.54) is 4.31 Å². The van der Waals surface area contributed by atoms with Gasteiger partial charge in [0.2, 0.25) is 0 Å². The van der Waals surface area contributed by atoms with Crippen LogP contribution < -0.4 is 13.9 Å². The van der Waals surface area contributed by atoms with Gasteiger partial charge in [0.15, 0.2) is 11.6 Å². The fraction of sp³-hybridized carbons (Fsp3) is 0.300. The van der Waals surface area contributed by atoms with Crippen molar-refractivity contribution in [2.75, 3.05) is 35.9 Å². The van der Waals surface area contributed by atoms with Gasteiger partial charge in [-0.1, -0.05) is 12.1 Å². The third-order valence-corrected chi connectivity index (χ3v) is 6.51. The van der Waals surface area contributed by atoms with Crippen LogP contribution in [-0.2, 0) is 10.0 Å². The van der Waals surface area contributed by atoms with E-state index < -0.39 is 10.0 Å². The number of nitrogens with zero attached hydrogens (tertiary/aromatic N) is 4. The quantitative estimate of drug-likeness (QED) is 0.625. The van der Waals surface area contributed by atoms with Crippen molar-refractivity contribution < 1.29 is 13.2 Å². The van der Waals surface area contributed by atoms with E-state index in [-0.39, 0.29) is 17.3 Å². The molecule has 29 heavy (non-hydrogen) atoms. The van der Waals surface area contributed by atoms with Crippen molar-refractivity contribution in [2.45, 2.75) is 18.2 Å². The lowest BCUT2D eigenvalue weighted by Crippen LogP contribution is -2.32. The molecule has 2 heterocycles. The second kappa shape index (κ2) is 8.42. The maximum absolute atomic E-state index is 13.4. The first-order valence-electron chi connectivity index (χ1n) is 9.24. The number of ether oxygens (including phenoxy) is 1. The Balaban J connectivity index is 0.00000240. The van der Waals surface area contributed by atoms with Crippen LogP contribution in [0.4, 0.5) is 11.6 Å². The van der Waals surface area contributed by atoms with Gasteiger partial charge in [-0.25, -0.2) is 22.7 Å². The standard InChI is InChI=1S/C20H22N4O3S.ClH/c1-3-27-15-9-11-16(12-10-15)28(25,26)24-14-6-13-23(2)19-20(24)22-18-8-5-4-7-17(18)21-19;/h4-5,7-12H,3,6,13-14H2,1-2H3;1H. The summed E-state index contributed by atoms with van der Waals surface area (Å²) in [5.74, 6) is 1.58. The van der Waals surface area contributed by atoms with E-state index in [9.17, 15) is 8.42 Å². The van der Waals surface area contributed by atoms with Crippen LogP contribution in [0.1, 0.15) is 13.3 Å². The minimum atomic E-state index is -3.77. The first kappa shape index (κ1) is 21.1. The molecule has 0 unspecified atom stereocenters. The van der Waals surface area contributed by atoms with Crippen molar-refractivity contribution in [1.82, 2.24) is 9.97 Å². The Bertz CT molecular complexity index is 1110. The van der Waals surface area contributed by atoms with Crippen LogP contribution in [0.25, 0.3) is 11.0 Å². The van der Waals surface area contributed by atoms with Crippen molar-refractivity contribution in [2.24, 2.45) is 0 Å². The van der Waals surface area contributed by atoms with Gasteiger partial charge in [0.05, 0.1) is 22.5 Å². The Hall–Kier alpha value is -2.58. The third-order valence-electron chi connectivity index (χ3n) is 4.71. The summed E-state index contributed by atoms with van der Waals surface area (Å²) in [5.41, 5.74) is 1.41. The Morgan fingerprint density at radius 1 is 0.966 bits per heavy atom. The van der Waals surface area contributed by atoms with Gasteiger partial charge in [0.25, 0.3) is 10.0 Å². The number of aromatic nitrogens is 2. The van der Waals surface area contributed by atoms with Gasteiger partial charge < -0.3 is 9.64 Å². The molecule has 0 aliphatic carbocycles. The van der Waals surface area contributed by atoms with Gasteiger partial charge in [-0.15, -0.1) is 12.4 Å². The molecule has 1 aliphatic rings. The molecular weight excluding hydrogens is 412 g/mol. The molecule has 0 fully saturated rings. The number of para-hydroxylation sites is 2. The predicted molar refractivity (Wildman–Crippen MR) is 117 cm³/mol. The molecule has 0 saturated heterocycles. The van der Waals surface area contributed by atoms with Crippen LogP contribution in [0, 0.1) is 0 Å². The number of hydrogen-bond donors (Lipinski definition) is 0. The summed E-state index contributed by atoms with van der Waals surface area (Å²) in [4.78, 5) is 11.5. The van der Waals surface area contributed by atoms with Gasteiger partial charge in [0.1, 0.15) is 5.75 Å². The second-order valence-corrected chi connectivity index (χ2v) is 8.48. The molecule has 0 N–H and O–H groups in total. The van der Waals surface area contributed by atoms with Gasteiger partial charge in [-0.2, -0.15) is 0 Å². The Morgan fingerprint density at radius 2 is 1.59 bits per heavy atom. The van der Waals surface area contributed by atoms with Crippen LogP contribution in [0.15, 0.2) is 53.4 Å². The van der Waals surface area contributed by atoms with Crippen LogP contribution in [-0.4, -0.2) is 45.1 Å². The lowest BCUT2D eigenvalue weighted by atomic mass is 10.3. The fourth-order valence-corrected chi connectivity index (χ4v) is 4.76. The molecular formula is C20H23ClN4O3S. The van der Waals surface area contributed by atoms with Gasteiger partial charge >= 0.3 is 0 Å². The number of anilines is 2. The Labute approximate surface area is 176 Å². The van der Waals surface area contributed by atoms with Crippen molar-refractivity contribution in [3.63, 3.8) is 0 Å². The Kier molecular flexibility index (Phi) is 6.14. The van der Waals surface area contributed by atoms with E-state index in [0.717, 1.165) is 5.52 Å².